The Hall–Kier alpha value is -2.80. The highest BCUT2D eigenvalue weighted by molar-refractivity contribution is 6.32. The number of para-hydroxylation sites is 1. The van der Waals surface area contributed by atoms with Crippen molar-refractivity contribution < 1.29 is 18.0 Å². The van der Waals surface area contributed by atoms with Crippen molar-refractivity contribution in [3.05, 3.63) is 82.6 Å². The molecule has 1 heterocycles. The highest BCUT2D eigenvalue weighted by Gasteiger charge is 2.30. The van der Waals surface area contributed by atoms with Crippen LogP contribution in [0.25, 0.3) is 5.69 Å². The first-order valence-electron chi connectivity index (χ1n) is 7.59. The van der Waals surface area contributed by atoms with Gasteiger partial charge in [0.2, 0.25) is 0 Å². The minimum Gasteiger partial charge on any atom is -0.347 e. The fraction of sp³-hybridized carbons (Fsp3) is 0.111. The van der Waals surface area contributed by atoms with Gasteiger partial charge < -0.3 is 5.32 Å². The Morgan fingerprint density at radius 3 is 2.62 bits per heavy atom. The summed E-state index contributed by atoms with van der Waals surface area (Å²) in [7, 11) is 0. The number of hydrogen-bond acceptors (Lipinski definition) is 2. The molecule has 0 fully saturated rings. The number of alkyl halides is 3. The van der Waals surface area contributed by atoms with E-state index in [9.17, 15) is 18.0 Å². The number of hydrogen-bond donors (Lipinski definition) is 1. The average molecular weight is 380 g/mol. The van der Waals surface area contributed by atoms with Crippen LogP contribution in [0.5, 0.6) is 0 Å². The van der Waals surface area contributed by atoms with Crippen molar-refractivity contribution >= 4 is 17.5 Å². The standard InChI is InChI=1S/C18H13ClF3N3O/c19-14-6-1-2-7-16(14)25-9-8-15(24-25)17(26)23-11-12-4-3-5-13(10-12)18(20,21)22/h1-10H,11H2,(H,23,26). The molecule has 0 unspecified atom stereocenters. The highest BCUT2D eigenvalue weighted by Crippen LogP contribution is 2.29. The predicted octanol–water partition coefficient (Wildman–Crippen LogP) is 4.47. The van der Waals surface area contributed by atoms with Crippen LogP contribution in [0.15, 0.2) is 60.8 Å². The topological polar surface area (TPSA) is 46.9 Å². The molecule has 0 spiro atoms. The maximum atomic E-state index is 12.7. The van der Waals surface area contributed by atoms with Crippen LogP contribution in [0.3, 0.4) is 0 Å². The van der Waals surface area contributed by atoms with Gasteiger partial charge in [0.15, 0.2) is 5.69 Å². The van der Waals surface area contributed by atoms with Crippen LogP contribution < -0.4 is 5.32 Å². The number of aromatic nitrogens is 2. The van der Waals surface area contributed by atoms with Gasteiger partial charge in [-0.05, 0) is 35.9 Å². The van der Waals surface area contributed by atoms with Crippen molar-refractivity contribution in [2.45, 2.75) is 12.7 Å². The molecule has 2 aromatic carbocycles. The molecule has 3 aromatic rings. The molecule has 0 aliphatic heterocycles. The molecular formula is C18H13ClF3N3O. The first kappa shape index (κ1) is 18.0. The predicted molar refractivity (Wildman–Crippen MR) is 91.2 cm³/mol. The molecule has 0 saturated carbocycles. The molecule has 1 aromatic heterocycles. The van der Waals surface area contributed by atoms with Crippen molar-refractivity contribution in [3.63, 3.8) is 0 Å². The number of carbonyl (C=O) groups excluding carboxylic acids is 1. The maximum Gasteiger partial charge on any atom is 0.416 e. The lowest BCUT2D eigenvalue weighted by atomic mass is 10.1. The summed E-state index contributed by atoms with van der Waals surface area (Å²) in [5.74, 6) is -0.492. The van der Waals surface area contributed by atoms with Gasteiger partial charge in [0.05, 0.1) is 16.3 Å². The van der Waals surface area contributed by atoms with Gasteiger partial charge in [-0.2, -0.15) is 18.3 Å². The number of nitrogens with one attached hydrogen (secondary N) is 1. The molecule has 1 N–H and O–H groups in total. The number of rotatable bonds is 4. The number of carbonyl (C=O) groups is 1. The zero-order valence-corrected chi connectivity index (χ0v) is 14.1. The van der Waals surface area contributed by atoms with Gasteiger partial charge in [-0.1, -0.05) is 35.9 Å². The van der Waals surface area contributed by atoms with Crippen molar-refractivity contribution in [3.8, 4) is 5.69 Å². The summed E-state index contributed by atoms with van der Waals surface area (Å²) in [5, 5.41) is 7.19. The molecule has 0 aliphatic carbocycles. The van der Waals surface area contributed by atoms with Crippen LogP contribution in [0.4, 0.5) is 13.2 Å². The monoisotopic (exact) mass is 379 g/mol. The lowest BCUT2D eigenvalue weighted by Crippen LogP contribution is -2.23. The fourth-order valence-electron chi connectivity index (χ4n) is 2.35. The van der Waals surface area contributed by atoms with Gasteiger partial charge in [-0.25, -0.2) is 4.68 Å². The quantitative estimate of drug-likeness (QED) is 0.726. The summed E-state index contributed by atoms with van der Waals surface area (Å²) in [5.41, 5.74) is 0.342. The van der Waals surface area contributed by atoms with Crippen LogP contribution in [-0.2, 0) is 12.7 Å². The van der Waals surface area contributed by atoms with E-state index in [0.717, 1.165) is 12.1 Å². The number of halogens is 4. The summed E-state index contributed by atoms with van der Waals surface area (Å²) in [6.45, 7) is -0.0400. The Kier molecular flexibility index (Phi) is 4.99. The molecular weight excluding hydrogens is 367 g/mol. The van der Waals surface area contributed by atoms with Gasteiger partial charge >= 0.3 is 6.18 Å². The molecule has 8 heteroatoms. The third kappa shape index (κ3) is 4.05. The molecule has 0 aliphatic rings. The molecule has 3 rings (SSSR count). The molecule has 1 amide bonds. The first-order chi connectivity index (χ1) is 12.3. The van der Waals surface area contributed by atoms with Gasteiger partial charge in [-0.3, -0.25) is 4.79 Å². The van der Waals surface area contributed by atoms with E-state index in [1.54, 1.807) is 30.5 Å². The van der Waals surface area contributed by atoms with Crippen molar-refractivity contribution in [1.82, 2.24) is 15.1 Å². The molecule has 0 bridgehead atoms. The van der Waals surface area contributed by atoms with Gasteiger partial charge in [-0.15, -0.1) is 0 Å². The van der Waals surface area contributed by atoms with E-state index in [2.05, 4.69) is 10.4 Å². The largest absolute Gasteiger partial charge is 0.416 e. The minimum atomic E-state index is -4.42. The molecule has 4 nitrogen and oxygen atoms in total. The lowest BCUT2D eigenvalue weighted by molar-refractivity contribution is -0.137. The van der Waals surface area contributed by atoms with E-state index in [1.165, 1.54) is 22.9 Å². The Morgan fingerprint density at radius 2 is 1.88 bits per heavy atom. The number of benzene rings is 2. The zero-order valence-electron chi connectivity index (χ0n) is 13.3. The van der Waals surface area contributed by atoms with Crippen molar-refractivity contribution in [2.24, 2.45) is 0 Å². The molecule has 0 saturated heterocycles. The summed E-state index contributed by atoms with van der Waals surface area (Å²) in [6, 6.07) is 13.3. The van der Waals surface area contributed by atoms with Gasteiger partial charge in [0, 0.05) is 12.7 Å². The Labute approximate surface area is 152 Å². The first-order valence-corrected chi connectivity index (χ1v) is 7.97. The third-order valence-electron chi connectivity index (χ3n) is 3.63. The summed E-state index contributed by atoms with van der Waals surface area (Å²) >= 11 is 6.09. The van der Waals surface area contributed by atoms with E-state index in [1.807, 2.05) is 0 Å². The van der Waals surface area contributed by atoms with Crippen LogP contribution in [-0.4, -0.2) is 15.7 Å². The van der Waals surface area contributed by atoms with Crippen LogP contribution in [0.2, 0.25) is 5.02 Å². The van der Waals surface area contributed by atoms with Crippen molar-refractivity contribution in [2.75, 3.05) is 0 Å². The van der Waals surface area contributed by atoms with Crippen molar-refractivity contribution in [1.29, 1.82) is 0 Å². The van der Waals surface area contributed by atoms with E-state index in [-0.39, 0.29) is 12.2 Å². The molecule has 26 heavy (non-hydrogen) atoms. The van der Waals surface area contributed by atoms with Crippen LogP contribution in [0, 0.1) is 0 Å². The SMILES string of the molecule is O=C(NCc1cccc(C(F)(F)F)c1)c1ccn(-c2ccccc2Cl)n1. The van der Waals surface area contributed by atoms with Gasteiger partial charge in [0.1, 0.15) is 0 Å². The number of nitrogens with zero attached hydrogens (tertiary/aromatic N) is 2. The minimum absolute atomic E-state index is 0.0400. The highest BCUT2D eigenvalue weighted by atomic mass is 35.5. The summed E-state index contributed by atoms with van der Waals surface area (Å²) in [6.07, 6.45) is -2.84. The normalized spacial score (nSPS) is 11.4. The van der Waals surface area contributed by atoms with E-state index >= 15 is 0 Å². The second kappa shape index (κ2) is 7.21. The molecule has 134 valence electrons. The Morgan fingerprint density at radius 1 is 1.12 bits per heavy atom. The van der Waals surface area contributed by atoms with Crippen LogP contribution >= 0.6 is 11.6 Å². The summed E-state index contributed by atoms with van der Waals surface area (Å²) in [4.78, 5) is 12.2. The smallest absolute Gasteiger partial charge is 0.347 e. The number of amides is 1. The third-order valence-corrected chi connectivity index (χ3v) is 3.95. The molecule has 0 radical (unpaired) electrons. The molecule has 0 atom stereocenters. The second-order valence-corrected chi connectivity index (χ2v) is 5.88. The average Bonchev–Trinajstić information content (AvgIpc) is 3.09. The second-order valence-electron chi connectivity index (χ2n) is 5.48. The lowest BCUT2D eigenvalue weighted by Gasteiger charge is -2.09. The van der Waals surface area contributed by atoms with Crippen LogP contribution in [0.1, 0.15) is 21.6 Å². The van der Waals surface area contributed by atoms with Gasteiger partial charge in [0.25, 0.3) is 5.91 Å². The Balaban J connectivity index is 1.69. The fourth-order valence-corrected chi connectivity index (χ4v) is 2.57. The zero-order chi connectivity index (χ0) is 18.7. The van der Waals surface area contributed by atoms with E-state index in [4.69, 9.17) is 11.6 Å². The maximum absolute atomic E-state index is 12.7. The van der Waals surface area contributed by atoms with E-state index < -0.39 is 17.6 Å². The summed E-state index contributed by atoms with van der Waals surface area (Å²) < 4.78 is 39.6. The van der Waals surface area contributed by atoms with E-state index in [0.29, 0.717) is 16.3 Å². The Bertz CT molecular complexity index is 937.